The number of anilines is 2. The topological polar surface area (TPSA) is 93.3 Å². The van der Waals surface area contributed by atoms with E-state index >= 15 is 0 Å². The summed E-state index contributed by atoms with van der Waals surface area (Å²) in [5.41, 5.74) is 6.55. The number of H-pyrrole nitrogens is 1. The van der Waals surface area contributed by atoms with Crippen LogP contribution in [0.25, 0.3) is 0 Å². The predicted octanol–water partition coefficient (Wildman–Crippen LogP) is 2.35. The first-order chi connectivity index (χ1) is 14.5. The molecule has 7 nitrogen and oxygen atoms in total. The van der Waals surface area contributed by atoms with Gasteiger partial charge in [0.1, 0.15) is 17.3 Å². The standard InChI is InChI=1S/C22H25FN4O3/c1-30-13-7-12-26(15-17-10-5-6-11-18(17)23)19-20(24)27(22(29)25-21(19)28)14-16-8-3-2-4-9-16/h2-6,8-11H,7,12-15,24H2,1H3,(H,25,28,29). The van der Waals surface area contributed by atoms with E-state index in [4.69, 9.17) is 10.5 Å². The summed E-state index contributed by atoms with van der Waals surface area (Å²) in [6, 6.07) is 15.7. The van der Waals surface area contributed by atoms with Gasteiger partial charge in [-0.2, -0.15) is 0 Å². The molecule has 0 amide bonds. The van der Waals surface area contributed by atoms with Gasteiger partial charge in [0.25, 0.3) is 5.56 Å². The quantitative estimate of drug-likeness (QED) is 0.526. The molecule has 0 saturated heterocycles. The van der Waals surface area contributed by atoms with Crippen molar-refractivity contribution < 1.29 is 9.13 Å². The third kappa shape index (κ3) is 4.96. The van der Waals surface area contributed by atoms with Gasteiger partial charge in [-0.3, -0.25) is 14.3 Å². The van der Waals surface area contributed by atoms with Crippen LogP contribution in [0.15, 0.2) is 64.2 Å². The number of nitrogens with one attached hydrogen (secondary N) is 1. The molecule has 2 aromatic carbocycles. The van der Waals surface area contributed by atoms with Crippen molar-refractivity contribution in [2.45, 2.75) is 19.5 Å². The molecule has 0 unspecified atom stereocenters. The van der Waals surface area contributed by atoms with Crippen molar-refractivity contribution in [3.8, 4) is 0 Å². The molecule has 0 saturated carbocycles. The van der Waals surface area contributed by atoms with E-state index in [1.165, 1.54) is 10.6 Å². The van der Waals surface area contributed by atoms with Crippen LogP contribution >= 0.6 is 0 Å². The Balaban J connectivity index is 2.03. The number of benzene rings is 2. The molecular formula is C22H25FN4O3. The second-order valence-corrected chi connectivity index (χ2v) is 6.92. The van der Waals surface area contributed by atoms with Crippen molar-refractivity contribution in [2.75, 3.05) is 30.9 Å². The SMILES string of the molecule is COCCCN(Cc1ccccc1F)c1c(N)n(Cc2ccccc2)c(=O)[nH]c1=O. The Morgan fingerprint density at radius 2 is 1.80 bits per heavy atom. The second kappa shape index (κ2) is 9.89. The van der Waals surface area contributed by atoms with Gasteiger partial charge < -0.3 is 15.4 Å². The minimum absolute atomic E-state index is 0.0429. The second-order valence-electron chi connectivity index (χ2n) is 6.92. The molecule has 3 aromatic rings. The molecule has 0 aliphatic carbocycles. The highest BCUT2D eigenvalue weighted by molar-refractivity contribution is 5.62. The first-order valence-electron chi connectivity index (χ1n) is 9.65. The fraction of sp³-hybridized carbons (Fsp3) is 0.273. The number of methoxy groups -OCH3 is 1. The molecule has 0 bridgehead atoms. The number of nitrogen functional groups attached to an aromatic ring is 1. The van der Waals surface area contributed by atoms with Crippen LogP contribution in [0.4, 0.5) is 15.9 Å². The van der Waals surface area contributed by atoms with Crippen molar-refractivity contribution in [3.63, 3.8) is 0 Å². The van der Waals surface area contributed by atoms with Gasteiger partial charge in [0.2, 0.25) is 0 Å². The summed E-state index contributed by atoms with van der Waals surface area (Å²) >= 11 is 0. The number of ether oxygens (including phenoxy) is 1. The third-order valence-electron chi connectivity index (χ3n) is 4.81. The van der Waals surface area contributed by atoms with Crippen molar-refractivity contribution >= 4 is 11.5 Å². The monoisotopic (exact) mass is 412 g/mol. The van der Waals surface area contributed by atoms with E-state index < -0.39 is 11.2 Å². The molecule has 8 heteroatoms. The molecule has 0 spiro atoms. The van der Waals surface area contributed by atoms with Gasteiger partial charge in [0.15, 0.2) is 0 Å². The average molecular weight is 412 g/mol. The number of aromatic amines is 1. The molecule has 0 radical (unpaired) electrons. The lowest BCUT2D eigenvalue weighted by Gasteiger charge is -2.26. The third-order valence-corrected chi connectivity index (χ3v) is 4.81. The van der Waals surface area contributed by atoms with E-state index in [2.05, 4.69) is 4.98 Å². The smallest absolute Gasteiger partial charge is 0.330 e. The highest BCUT2D eigenvalue weighted by Crippen LogP contribution is 2.21. The highest BCUT2D eigenvalue weighted by atomic mass is 19.1. The van der Waals surface area contributed by atoms with Crippen LogP contribution in [0.1, 0.15) is 17.5 Å². The molecule has 1 aromatic heterocycles. The highest BCUT2D eigenvalue weighted by Gasteiger charge is 2.20. The van der Waals surface area contributed by atoms with Gasteiger partial charge in [-0.1, -0.05) is 48.5 Å². The van der Waals surface area contributed by atoms with E-state index in [0.717, 1.165) is 5.56 Å². The van der Waals surface area contributed by atoms with E-state index in [0.29, 0.717) is 25.1 Å². The lowest BCUT2D eigenvalue weighted by molar-refractivity contribution is 0.196. The zero-order valence-electron chi connectivity index (χ0n) is 16.8. The van der Waals surface area contributed by atoms with Crippen LogP contribution in [0.5, 0.6) is 0 Å². The maximum atomic E-state index is 14.3. The summed E-state index contributed by atoms with van der Waals surface area (Å²) in [7, 11) is 1.59. The van der Waals surface area contributed by atoms with E-state index in [9.17, 15) is 14.0 Å². The molecule has 0 aliphatic rings. The van der Waals surface area contributed by atoms with Crippen LogP contribution in [-0.2, 0) is 17.8 Å². The first-order valence-corrected chi connectivity index (χ1v) is 9.65. The largest absolute Gasteiger partial charge is 0.385 e. The molecule has 158 valence electrons. The van der Waals surface area contributed by atoms with Crippen LogP contribution in [-0.4, -0.2) is 29.8 Å². The maximum Gasteiger partial charge on any atom is 0.330 e. The number of nitrogens with zero attached hydrogens (tertiary/aromatic N) is 2. The summed E-state index contributed by atoms with van der Waals surface area (Å²) in [6.45, 7) is 1.21. The molecule has 3 N–H and O–H groups in total. The van der Waals surface area contributed by atoms with E-state index in [1.807, 2.05) is 30.3 Å². The van der Waals surface area contributed by atoms with Gasteiger partial charge >= 0.3 is 5.69 Å². The normalized spacial score (nSPS) is 10.9. The molecular weight excluding hydrogens is 387 g/mol. The minimum Gasteiger partial charge on any atom is -0.385 e. The number of aromatic nitrogens is 2. The Morgan fingerprint density at radius 1 is 1.10 bits per heavy atom. The number of halogens is 1. The number of hydrogen-bond donors (Lipinski definition) is 2. The van der Waals surface area contributed by atoms with Crippen molar-refractivity contribution in [1.82, 2.24) is 9.55 Å². The van der Waals surface area contributed by atoms with Crippen molar-refractivity contribution in [3.05, 3.63) is 92.4 Å². The Morgan fingerprint density at radius 3 is 2.50 bits per heavy atom. The lowest BCUT2D eigenvalue weighted by atomic mass is 10.2. The minimum atomic E-state index is -0.601. The molecule has 0 atom stereocenters. The fourth-order valence-corrected chi connectivity index (χ4v) is 3.31. The van der Waals surface area contributed by atoms with E-state index in [1.54, 1.807) is 30.2 Å². The molecule has 3 rings (SSSR count). The first kappa shape index (κ1) is 21.3. The number of nitrogens with two attached hydrogens (primary N) is 1. The summed E-state index contributed by atoms with van der Waals surface area (Å²) in [6.07, 6.45) is 0.599. The van der Waals surface area contributed by atoms with E-state index in [-0.39, 0.29) is 30.4 Å². The van der Waals surface area contributed by atoms with Crippen molar-refractivity contribution in [2.24, 2.45) is 0 Å². The predicted molar refractivity (Wildman–Crippen MR) is 115 cm³/mol. The summed E-state index contributed by atoms with van der Waals surface area (Å²) in [4.78, 5) is 29.2. The molecule has 30 heavy (non-hydrogen) atoms. The Kier molecular flexibility index (Phi) is 7.03. The van der Waals surface area contributed by atoms with Crippen molar-refractivity contribution in [1.29, 1.82) is 0 Å². The van der Waals surface area contributed by atoms with Gasteiger partial charge in [-0.25, -0.2) is 9.18 Å². The van der Waals surface area contributed by atoms with Gasteiger partial charge in [-0.15, -0.1) is 0 Å². The number of rotatable bonds is 9. The zero-order valence-corrected chi connectivity index (χ0v) is 16.8. The maximum absolute atomic E-state index is 14.3. The zero-order chi connectivity index (χ0) is 21.5. The van der Waals surface area contributed by atoms with Crippen LogP contribution in [0.3, 0.4) is 0 Å². The van der Waals surface area contributed by atoms with Crippen LogP contribution in [0.2, 0.25) is 0 Å². The van der Waals surface area contributed by atoms with Crippen LogP contribution in [0, 0.1) is 5.82 Å². The molecule has 0 fully saturated rings. The van der Waals surface area contributed by atoms with Gasteiger partial charge in [0.05, 0.1) is 6.54 Å². The molecule has 0 aliphatic heterocycles. The fourth-order valence-electron chi connectivity index (χ4n) is 3.31. The Labute approximate surface area is 173 Å². The Bertz CT molecular complexity index is 1100. The average Bonchev–Trinajstić information content (AvgIpc) is 2.73. The molecule has 1 heterocycles. The van der Waals surface area contributed by atoms with Gasteiger partial charge in [0, 0.05) is 32.4 Å². The number of hydrogen-bond acceptors (Lipinski definition) is 5. The Hall–Kier alpha value is -3.39. The van der Waals surface area contributed by atoms with Gasteiger partial charge in [-0.05, 0) is 18.1 Å². The summed E-state index contributed by atoms with van der Waals surface area (Å²) in [5.74, 6) is -0.330. The summed E-state index contributed by atoms with van der Waals surface area (Å²) < 4.78 is 20.7. The summed E-state index contributed by atoms with van der Waals surface area (Å²) in [5, 5.41) is 0. The van der Waals surface area contributed by atoms with Crippen LogP contribution < -0.4 is 21.9 Å². The lowest BCUT2D eigenvalue weighted by Crippen LogP contribution is -2.39.